The first-order chi connectivity index (χ1) is 12.8. The molecule has 0 saturated carbocycles. The lowest BCUT2D eigenvalue weighted by molar-refractivity contribution is -0.115. The Balaban J connectivity index is 1.68. The van der Waals surface area contributed by atoms with Crippen LogP contribution >= 0.6 is 0 Å². The predicted octanol–water partition coefficient (Wildman–Crippen LogP) is 2.08. The number of aromatic nitrogens is 3. The Morgan fingerprint density at radius 1 is 1.19 bits per heavy atom. The van der Waals surface area contributed by atoms with E-state index in [1.165, 1.54) is 6.07 Å². The zero-order valence-electron chi connectivity index (χ0n) is 15.6. The maximum atomic E-state index is 12.6. The molecule has 0 unspecified atom stereocenters. The number of fused-ring (bicyclic) bond motifs is 1. The van der Waals surface area contributed by atoms with Crippen LogP contribution in [-0.4, -0.2) is 35.1 Å². The first-order valence-electron chi connectivity index (χ1n) is 8.71. The first kappa shape index (κ1) is 19.1. The van der Waals surface area contributed by atoms with Crippen molar-refractivity contribution < 1.29 is 13.2 Å². The largest absolute Gasteiger partial charge is 0.330 e. The summed E-state index contributed by atoms with van der Waals surface area (Å²) < 4.78 is 31.6. The fourth-order valence-corrected chi connectivity index (χ4v) is 4.14. The van der Waals surface area contributed by atoms with E-state index in [0.29, 0.717) is 24.2 Å². The lowest BCUT2D eigenvalue weighted by Crippen LogP contribution is -2.28. The molecule has 2 aromatic heterocycles. The van der Waals surface area contributed by atoms with E-state index in [1.54, 1.807) is 30.5 Å². The molecule has 3 aromatic rings. The molecule has 0 saturated heterocycles. The van der Waals surface area contributed by atoms with Gasteiger partial charge in [-0.25, -0.2) is 17.7 Å². The van der Waals surface area contributed by atoms with Crippen LogP contribution in [0, 0.1) is 13.8 Å². The second kappa shape index (κ2) is 7.53. The fourth-order valence-electron chi connectivity index (χ4n) is 2.89. The first-order valence-corrected chi connectivity index (χ1v) is 10.2. The Morgan fingerprint density at radius 3 is 2.67 bits per heavy atom. The molecule has 0 aliphatic heterocycles. The van der Waals surface area contributed by atoms with Gasteiger partial charge in [-0.15, -0.1) is 0 Å². The third-order valence-electron chi connectivity index (χ3n) is 4.23. The van der Waals surface area contributed by atoms with Crippen molar-refractivity contribution >= 4 is 27.3 Å². The number of carbonyl (C=O) groups excluding carboxylic acids is 1. The monoisotopic (exact) mass is 389 g/mol. The molecule has 27 heavy (non-hydrogen) atoms. The quantitative estimate of drug-likeness (QED) is 0.646. The zero-order chi connectivity index (χ0) is 19.6. The topological polar surface area (TPSA) is 97.5 Å². The number of amides is 1. The van der Waals surface area contributed by atoms with E-state index in [0.717, 1.165) is 11.3 Å². The van der Waals surface area contributed by atoms with Gasteiger partial charge in [-0.2, -0.15) is 5.10 Å². The summed E-state index contributed by atoms with van der Waals surface area (Å²) in [5.74, 6) is -0.115. The molecule has 0 bridgehead atoms. The molecule has 0 fully saturated rings. The minimum absolute atomic E-state index is 0.115. The molecule has 3 rings (SSSR count). The van der Waals surface area contributed by atoms with Gasteiger partial charge >= 0.3 is 0 Å². The Labute approximate surface area is 158 Å². The van der Waals surface area contributed by atoms with E-state index in [9.17, 15) is 13.2 Å². The highest BCUT2D eigenvalue weighted by atomic mass is 32.2. The molecule has 0 aliphatic rings. The Bertz CT molecular complexity index is 1080. The second-order valence-corrected chi connectivity index (χ2v) is 8.10. The Morgan fingerprint density at radius 2 is 1.96 bits per heavy atom. The Kier molecular flexibility index (Phi) is 5.33. The number of hydrogen-bond acceptors (Lipinski definition) is 4. The number of benzene rings is 1. The van der Waals surface area contributed by atoms with Gasteiger partial charge in [0, 0.05) is 43.7 Å². The van der Waals surface area contributed by atoms with Crippen molar-refractivity contribution in [3.05, 3.63) is 47.9 Å². The van der Waals surface area contributed by atoms with Crippen LogP contribution in [0.4, 0.5) is 5.69 Å². The minimum Gasteiger partial charge on any atom is -0.330 e. The smallest absolute Gasteiger partial charge is 0.240 e. The number of sulfonamides is 1. The van der Waals surface area contributed by atoms with Gasteiger partial charge in [-0.05, 0) is 37.6 Å². The SMILES string of the molecule is CCC(=O)Nc1ccc(S(=O)(=O)NCCn2ccn3nc(C)cc23)c(C)c1. The van der Waals surface area contributed by atoms with Gasteiger partial charge < -0.3 is 9.88 Å². The van der Waals surface area contributed by atoms with E-state index in [-0.39, 0.29) is 17.3 Å². The third kappa shape index (κ3) is 4.20. The Hall–Kier alpha value is -2.65. The molecule has 1 aromatic carbocycles. The van der Waals surface area contributed by atoms with Gasteiger partial charge in [0.05, 0.1) is 10.6 Å². The highest BCUT2D eigenvalue weighted by Gasteiger charge is 2.17. The normalized spacial score (nSPS) is 11.8. The van der Waals surface area contributed by atoms with Crippen LogP contribution in [0.25, 0.3) is 5.65 Å². The van der Waals surface area contributed by atoms with Crippen molar-refractivity contribution in [2.45, 2.75) is 38.6 Å². The van der Waals surface area contributed by atoms with Gasteiger partial charge in [0.2, 0.25) is 15.9 Å². The molecule has 0 spiro atoms. The van der Waals surface area contributed by atoms with Crippen molar-refractivity contribution in [3.63, 3.8) is 0 Å². The minimum atomic E-state index is -3.64. The number of anilines is 1. The van der Waals surface area contributed by atoms with Gasteiger partial charge in [0.25, 0.3) is 0 Å². The molecule has 1 amide bonds. The maximum absolute atomic E-state index is 12.6. The number of nitrogens with one attached hydrogen (secondary N) is 2. The van der Waals surface area contributed by atoms with E-state index >= 15 is 0 Å². The second-order valence-electron chi connectivity index (χ2n) is 6.36. The van der Waals surface area contributed by atoms with Gasteiger partial charge in [-0.3, -0.25) is 4.79 Å². The predicted molar refractivity (Wildman–Crippen MR) is 103 cm³/mol. The fraction of sp³-hybridized carbons (Fsp3) is 0.333. The van der Waals surface area contributed by atoms with Crippen molar-refractivity contribution in [1.29, 1.82) is 0 Å². The summed E-state index contributed by atoms with van der Waals surface area (Å²) >= 11 is 0. The van der Waals surface area contributed by atoms with Crippen molar-refractivity contribution in [3.8, 4) is 0 Å². The van der Waals surface area contributed by atoms with Crippen LogP contribution in [0.2, 0.25) is 0 Å². The van der Waals surface area contributed by atoms with Crippen LogP contribution in [0.15, 0.2) is 41.6 Å². The molecule has 0 aliphatic carbocycles. The van der Waals surface area contributed by atoms with Gasteiger partial charge in [0.15, 0.2) is 0 Å². The van der Waals surface area contributed by atoms with Crippen LogP contribution in [0.1, 0.15) is 24.6 Å². The molecular weight excluding hydrogens is 366 g/mol. The molecule has 2 heterocycles. The van der Waals surface area contributed by atoms with Crippen molar-refractivity contribution in [2.75, 3.05) is 11.9 Å². The highest BCUT2D eigenvalue weighted by molar-refractivity contribution is 7.89. The summed E-state index contributed by atoms with van der Waals surface area (Å²) in [7, 11) is -3.64. The summed E-state index contributed by atoms with van der Waals surface area (Å²) in [5, 5.41) is 7.04. The summed E-state index contributed by atoms with van der Waals surface area (Å²) in [5.41, 5.74) is 2.99. The molecule has 144 valence electrons. The van der Waals surface area contributed by atoms with Crippen LogP contribution in [0.3, 0.4) is 0 Å². The van der Waals surface area contributed by atoms with E-state index < -0.39 is 10.0 Å². The lowest BCUT2D eigenvalue weighted by Gasteiger charge is -2.12. The number of rotatable bonds is 7. The number of carbonyl (C=O) groups is 1. The number of aryl methyl sites for hydroxylation is 2. The lowest BCUT2D eigenvalue weighted by atomic mass is 10.2. The van der Waals surface area contributed by atoms with Gasteiger partial charge in [0.1, 0.15) is 5.65 Å². The average Bonchev–Trinajstić information content (AvgIpc) is 3.14. The van der Waals surface area contributed by atoms with Crippen molar-refractivity contribution in [2.24, 2.45) is 0 Å². The number of imidazole rings is 1. The third-order valence-corrected chi connectivity index (χ3v) is 5.86. The zero-order valence-corrected chi connectivity index (χ0v) is 16.4. The summed E-state index contributed by atoms with van der Waals surface area (Å²) in [6, 6.07) is 6.71. The standard InChI is InChI=1S/C18H23N5O3S/c1-4-17(24)20-15-5-6-16(13(2)11-15)27(25,26)19-7-8-22-9-10-23-18(22)12-14(3)21-23/h5-6,9-12,19H,4,7-8H2,1-3H3,(H,20,24). The van der Waals surface area contributed by atoms with Crippen molar-refractivity contribution in [1.82, 2.24) is 18.9 Å². The maximum Gasteiger partial charge on any atom is 0.240 e. The van der Waals surface area contributed by atoms with E-state index in [1.807, 2.05) is 30.0 Å². The number of hydrogen-bond donors (Lipinski definition) is 2. The van der Waals surface area contributed by atoms with E-state index in [2.05, 4.69) is 15.1 Å². The van der Waals surface area contributed by atoms with E-state index in [4.69, 9.17) is 0 Å². The summed E-state index contributed by atoms with van der Waals surface area (Å²) in [4.78, 5) is 11.7. The van der Waals surface area contributed by atoms with Crippen LogP contribution in [0.5, 0.6) is 0 Å². The molecule has 8 nitrogen and oxygen atoms in total. The molecule has 9 heteroatoms. The number of nitrogens with zero attached hydrogens (tertiary/aromatic N) is 3. The summed E-state index contributed by atoms with van der Waals surface area (Å²) in [6.45, 7) is 6.13. The average molecular weight is 389 g/mol. The van der Waals surface area contributed by atoms with Crippen LogP contribution < -0.4 is 10.0 Å². The van der Waals surface area contributed by atoms with Gasteiger partial charge in [-0.1, -0.05) is 6.92 Å². The molecule has 0 atom stereocenters. The molecule has 2 N–H and O–H groups in total. The highest BCUT2D eigenvalue weighted by Crippen LogP contribution is 2.19. The molecular formula is C18H23N5O3S. The summed E-state index contributed by atoms with van der Waals surface area (Å²) in [6.07, 6.45) is 4.07. The molecule has 0 radical (unpaired) electrons. The van der Waals surface area contributed by atoms with Crippen LogP contribution in [-0.2, 0) is 21.4 Å².